The summed E-state index contributed by atoms with van der Waals surface area (Å²) >= 11 is 6.05. The molecule has 32 heavy (non-hydrogen) atoms. The van der Waals surface area contributed by atoms with Gasteiger partial charge in [-0.25, -0.2) is 4.98 Å². The Morgan fingerprint density at radius 3 is 2.66 bits per heavy atom. The quantitative estimate of drug-likeness (QED) is 0.577. The minimum Gasteiger partial charge on any atom is -0.495 e. The second-order valence-corrected chi connectivity index (χ2v) is 7.57. The van der Waals surface area contributed by atoms with E-state index in [2.05, 4.69) is 16.8 Å². The van der Waals surface area contributed by atoms with Gasteiger partial charge < -0.3 is 14.5 Å². The third-order valence-corrected chi connectivity index (χ3v) is 5.30. The summed E-state index contributed by atoms with van der Waals surface area (Å²) in [6.07, 6.45) is 1.67. The number of aromatic nitrogens is 1. The molecule has 0 saturated carbocycles. The van der Waals surface area contributed by atoms with Crippen LogP contribution in [0.15, 0.2) is 66.9 Å². The van der Waals surface area contributed by atoms with Gasteiger partial charge in [0.25, 0.3) is 5.91 Å². The smallest absolute Gasteiger partial charge is 0.254 e. The van der Waals surface area contributed by atoms with Gasteiger partial charge in [0.1, 0.15) is 18.0 Å². The predicted octanol–water partition coefficient (Wildman–Crippen LogP) is 3.63. The van der Waals surface area contributed by atoms with Crippen molar-refractivity contribution in [2.45, 2.75) is 0 Å². The highest BCUT2D eigenvalue weighted by molar-refractivity contribution is 6.30. The highest BCUT2D eigenvalue weighted by Crippen LogP contribution is 2.23. The van der Waals surface area contributed by atoms with Gasteiger partial charge in [0.05, 0.1) is 12.7 Å². The molecule has 0 N–H and O–H groups in total. The van der Waals surface area contributed by atoms with E-state index in [1.54, 1.807) is 65.6 Å². The molecule has 0 bridgehead atoms. The Labute approximate surface area is 191 Å². The average Bonchev–Trinajstić information content (AvgIpc) is 2.82. The summed E-state index contributed by atoms with van der Waals surface area (Å²) in [5.74, 6) is 6.18. The number of piperazine rings is 1. The monoisotopic (exact) mass is 445 g/mol. The Hall–Kier alpha value is -3.82. The summed E-state index contributed by atoms with van der Waals surface area (Å²) in [5.41, 5.74) is 2.37. The summed E-state index contributed by atoms with van der Waals surface area (Å²) in [6.45, 7) is 0.803. The van der Waals surface area contributed by atoms with E-state index in [9.17, 15) is 9.59 Å². The number of hydrogen-bond acceptors (Lipinski definition) is 4. The molecule has 160 valence electrons. The largest absolute Gasteiger partial charge is 0.495 e. The summed E-state index contributed by atoms with van der Waals surface area (Å²) in [4.78, 5) is 33.2. The van der Waals surface area contributed by atoms with E-state index in [1.165, 1.54) is 0 Å². The van der Waals surface area contributed by atoms with Gasteiger partial charge in [-0.3, -0.25) is 9.59 Å². The van der Waals surface area contributed by atoms with Crippen LogP contribution in [-0.4, -0.2) is 48.4 Å². The molecule has 3 aromatic rings. The maximum absolute atomic E-state index is 13.1. The summed E-state index contributed by atoms with van der Waals surface area (Å²) in [5, 5.41) is 0.561. The van der Waals surface area contributed by atoms with E-state index in [4.69, 9.17) is 16.3 Å². The van der Waals surface area contributed by atoms with Crippen LogP contribution in [0.1, 0.15) is 21.6 Å². The fourth-order valence-electron chi connectivity index (χ4n) is 3.45. The first-order chi connectivity index (χ1) is 15.5. The van der Waals surface area contributed by atoms with Gasteiger partial charge >= 0.3 is 0 Å². The number of hydrogen-bond donors (Lipinski definition) is 0. The number of amides is 2. The molecule has 0 spiro atoms. The molecule has 7 heteroatoms. The highest BCUT2D eigenvalue weighted by atomic mass is 35.5. The Morgan fingerprint density at radius 2 is 1.94 bits per heavy atom. The molecular formula is C25H20ClN3O3. The third kappa shape index (κ3) is 4.74. The molecule has 2 heterocycles. The van der Waals surface area contributed by atoms with Crippen LogP contribution in [0.5, 0.6) is 5.75 Å². The molecule has 0 radical (unpaired) electrons. The molecule has 1 saturated heterocycles. The Balaban J connectivity index is 1.52. The molecule has 2 aromatic carbocycles. The first kappa shape index (κ1) is 21.4. The van der Waals surface area contributed by atoms with Crippen molar-refractivity contribution in [1.82, 2.24) is 9.88 Å². The van der Waals surface area contributed by atoms with Crippen LogP contribution in [0.3, 0.4) is 0 Å². The molecule has 0 atom stereocenters. The summed E-state index contributed by atoms with van der Waals surface area (Å²) < 4.78 is 5.38. The lowest BCUT2D eigenvalue weighted by Crippen LogP contribution is -2.52. The fraction of sp³-hybridized carbons (Fsp3) is 0.160. The Bertz CT molecular complexity index is 1220. The van der Waals surface area contributed by atoms with Crippen LogP contribution in [0.2, 0.25) is 5.02 Å². The lowest BCUT2D eigenvalue weighted by Gasteiger charge is -2.34. The topological polar surface area (TPSA) is 62.7 Å². The molecule has 0 unspecified atom stereocenters. The van der Waals surface area contributed by atoms with Gasteiger partial charge in [-0.1, -0.05) is 29.7 Å². The van der Waals surface area contributed by atoms with Crippen LogP contribution in [-0.2, 0) is 4.79 Å². The second-order valence-electron chi connectivity index (χ2n) is 7.13. The number of carbonyl (C=O) groups is 2. The van der Waals surface area contributed by atoms with Gasteiger partial charge in [0.15, 0.2) is 0 Å². The molecule has 6 nitrogen and oxygen atoms in total. The molecule has 1 aromatic heterocycles. The van der Waals surface area contributed by atoms with E-state index in [0.29, 0.717) is 40.7 Å². The highest BCUT2D eigenvalue weighted by Gasteiger charge is 2.29. The first-order valence-corrected chi connectivity index (χ1v) is 10.4. The van der Waals surface area contributed by atoms with E-state index in [1.807, 2.05) is 18.2 Å². The van der Waals surface area contributed by atoms with Crippen LogP contribution >= 0.6 is 11.6 Å². The number of ether oxygens (including phenoxy) is 1. The number of methoxy groups -OCH3 is 1. The lowest BCUT2D eigenvalue weighted by molar-refractivity contribution is -0.120. The lowest BCUT2D eigenvalue weighted by atomic mass is 10.1. The van der Waals surface area contributed by atoms with Crippen molar-refractivity contribution in [1.29, 1.82) is 0 Å². The predicted molar refractivity (Wildman–Crippen MR) is 123 cm³/mol. The zero-order valence-electron chi connectivity index (χ0n) is 17.4. The van der Waals surface area contributed by atoms with Gasteiger partial charge in [0, 0.05) is 35.6 Å². The molecule has 1 aliphatic heterocycles. The minimum atomic E-state index is -0.229. The van der Waals surface area contributed by atoms with Gasteiger partial charge in [-0.05, 0) is 54.5 Å². The number of benzene rings is 2. The number of carbonyl (C=O) groups excluding carboxylic acids is 2. The van der Waals surface area contributed by atoms with Crippen molar-refractivity contribution >= 4 is 29.1 Å². The Morgan fingerprint density at radius 1 is 1.06 bits per heavy atom. The fourth-order valence-corrected chi connectivity index (χ4v) is 3.64. The number of halogens is 1. The Kier molecular flexibility index (Phi) is 6.39. The maximum Gasteiger partial charge on any atom is 0.254 e. The third-order valence-electron chi connectivity index (χ3n) is 5.06. The number of pyridine rings is 1. The van der Waals surface area contributed by atoms with Crippen molar-refractivity contribution in [3.05, 3.63) is 88.7 Å². The van der Waals surface area contributed by atoms with Crippen LogP contribution in [0, 0.1) is 11.8 Å². The zero-order chi connectivity index (χ0) is 22.5. The van der Waals surface area contributed by atoms with Gasteiger partial charge in [0.2, 0.25) is 5.91 Å². The van der Waals surface area contributed by atoms with Gasteiger partial charge in [-0.2, -0.15) is 0 Å². The standard InChI is InChI=1S/C25H20ClN3O3/c1-32-23-11-9-19(15-18(23)8-10-21-6-2-3-12-27-21)25(31)28-13-14-29(24(30)17-28)22-7-4-5-20(26)16-22/h2-7,9,11-12,15-16H,13-14,17H2,1H3. The minimum absolute atomic E-state index is 0.00762. The first-order valence-electron chi connectivity index (χ1n) is 10.0. The molecule has 1 aliphatic rings. The molecule has 1 fully saturated rings. The number of nitrogens with zero attached hydrogens (tertiary/aromatic N) is 3. The van der Waals surface area contributed by atoms with Crippen LogP contribution < -0.4 is 9.64 Å². The number of anilines is 1. The van der Waals surface area contributed by atoms with Crippen molar-refractivity contribution in [2.75, 3.05) is 31.6 Å². The van der Waals surface area contributed by atoms with Crippen molar-refractivity contribution in [3.8, 4) is 17.6 Å². The molecule has 4 rings (SSSR count). The summed E-state index contributed by atoms with van der Waals surface area (Å²) in [7, 11) is 1.55. The normalized spacial score (nSPS) is 13.4. The van der Waals surface area contributed by atoms with E-state index in [-0.39, 0.29) is 18.4 Å². The SMILES string of the molecule is COc1ccc(C(=O)N2CCN(c3cccc(Cl)c3)C(=O)C2)cc1C#Cc1ccccn1. The zero-order valence-corrected chi connectivity index (χ0v) is 18.2. The van der Waals surface area contributed by atoms with Crippen molar-refractivity contribution in [2.24, 2.45) is 0 Å². The molecule has 0 aliphatic carbocycles. The molecule has 2 amide bonds. The summed E-state index contributed by atoms with van der Waals surface area (Å²) in [6, 6.07) is 17.7. The van der Waals surface area contributed by atoms with E-state index < -0.39 is 0 Å². The van der Waals surface area contributed by atoms with Gasteiger partial charge in [-0.15, -0.1) is 0 Å². The van der Waals surface area contributed by atoms with Crippen molar-refractivity contribution in [3.63, 3.8) is 0 Å². The van der Waals surface area contributed by atoms with Crippen LogP contribution in [0.4, 0.5) is 5.69 Å². The van der Waals surface area contributed by atoms with Crippen LogP contribution in [0.25, 0.3) is 0 Å². The van der Waals surface area contributed by atoms with E-state index in [0.717, 1.165) is 5.69 Å². The molecular weight excluding hydrogens is 426 g/mol. The average molecular weight is 446 g/mol. The van der Waals surface area contributed by atoms with Crippen molar-refractivity contribution < 1.29 is 14.3 Å². The maximum atomic E-state index is 13.1. The number of rotatable bonds is 3. The second kappa shape index (κ2) is 9.54. The van der Waals surface area contributed by atoms with E-state index >= 15 is 0 Å².